The van der Waals surface area contributed by atoms with Crippen LogP contribution in [0.3, 0.4) is 0 Å². The van der Waals surface area contributed by atoms with Gasteiger partial charge in [-0.2, -0.15) is 0 Å². The lowest BCUT2D eigenvalue weighted by molar-refractivity contribution is -0.112. The minimum atomic E-state index is -0.510. The van der Waals surface area contributed by atoms with Crippen LogP contribution in [0.5, 0.6) is 0 Å². The Balaban J connectivity index is 1.57. The molecule has 0 aliphatic heterocycles. The van der Waals surface area contributed by atoms with E-state index in [1.54, 1.807) is 0 Å². The molecule has 1 unspecified atom stereocenters. The number of halogens is 1. The highest BCUT2D eigenvalue weighted by Gasteiger charge is 2.60. The molecular formula is C24H35ClO. The summed E-state index contributed by atoms with van der Waals surface area (Å²) in [6.07, 6.45) is 14.3. The molecule has 0 aromatic rings. The summed E-state index contributed by atoms with van der Waals surface area (Å²) in [7, 11) is 0. The molecule has 144 valence electrons. The molecule has 2 heteroatoms. The lowest BCUT2D eigenvalue weighted by Gasteiger charge is -2.60. The van der Waals surface area contributed by atoms with E-state index in [1.807, 2.05) is 0 Å². The van der Waals surface area contributed by atoms with Crippen LogP contribution < -0.4 is 0 Å². The van der Waals surface area contributed by atoms with E-state index in [4.69, 9.17) is 11.6 Å². The van der Waals surface area contributed by atoms with E-state index in [-0.39, 0.29) is 5.92 Å². The molecule has 0 heterocycles. The van der Waals surface area contributed by atoms with Crippen LogP contribution in [-0.2, 0) is 4.79 Å². The molecule has 26 heavy (non-hydrogen) atoms. The lowest BCUT2D eigenvalue weighted by atomic mass is 9.44. The van der Waals surface area contributed by atoms with Gasteiger partial charge >= 0.3 is 0 Å². The van der Waals surface area contributed by atoms with Gasteiger partial charge in [-0.1, -0.05) is 39.5 Å². The van der Waals surface area contributed by atoms with Gasteiger partial charge in [0.15, 0.2) is 0 Å². The van der Waals surface area contributed by atoms with Crippen molar-refractivity contribution in [1.29, 1.82) is 0 Å². The Bertz CT molecular complexity index is 630. The van der Waals surface area contributed by atoms with Gasteiger partial charge in [0, 0.05) is 5.92 Å². The fourth-order valence-electron chi connectivity index (χ4n) is 8.43. The zero-order valence-corrected chi connectivity index (χ0v) is 17.6. The fourth-order valence-corrected chi connectivity index (χ4v) is 8.48. The first-order valence-electron chi connectivity index (χ1n) is 11.1. The predicted octanol–water partition coefficient (Wildman–Crippen LogP) is 6.44. The second kappa shape index (κ2) is 6.84. The first-order chi connectivity index (χ1) is 12.4. The van der Waals surface area contributed by atoms with Crippen LogP contribution in [0.15, 0.2) is 0 Å². The summed E-state index contributed by atoms with van der Waals surface area (Å²) in [5, 5.41) is -0.510. The van der Waals surface area contributed by atoms with Gasteiger partial charge in [-0.25, -0.2) is 0 Å². The van der Waals surface area contributed by atoms with Crippen molar-refractivity contribution in [3.05, 3.63) is 0 Å². The van der Waals surface area contributed by atoms with Gasteiger partial charge in [-0.15, -0.1) is 0 Å². The third-order valence-corrected chi connectivity index (χ3v) is 9.75. The average Bonchev–Trinajstić information content (AvgIpc) is 2.96. The van der Waals surface area contributed by atoms with Crippen LogP contribution in [0.2, 0.25) is 0 Å². The summed E-state index contributed by atoms with van der Waals surface area (Å²) in [6.45, 7) is 7.43. The highest BCUT2D eigenvalue weighted by molar-refractivity contribution is 6.68. The van der Waals surface area contributed by atoms with Crippen molar-refractivity contribution in [2.75, 3.05) is 0 Å². The molecule has 4 aliphatic rings. The van der Waals surface area contributed by atoms with Crippen molar-refractivity contribution < 1.29 is 4.79 Å². The minimum absolute atomic E-state index is 0.283. The van der Waals surface area contributed by atoms with Crippen molar-refractivity contribution >= 4 is 16.8 Å². The minimum Gasteiger partial charge on any atom is -0.266 e. The standard InChI is InChI=1S/C24H35ClO/c1-16(7-12-22(25)26)19-10-11-20-18-9-8-17-6-4-5-14-23(17,2)21(18)13-15-24(19,20)3/h16-21H,4-6,8-11,13-15H2,1-3H3/t16-,17?,18+,19-,20+,21+,23+,24-/m1/s1. The van der Waals surface area contributed by atoms with Crippen LogP contribution >= 0.6 is 11.6 Å². The molecule has 4 aliphatic carbocycles. The molecule has 1 nitrogen and oxygen atoms in total. The number of carbonyl (C=O) groups is 1. The Kier molecular flexibility index (Phi) is 4.97. The van der Waals surface area contributed by atoms with Crippen LogP contribution in [0, 0.1) is 58.2 Å². The summed E-state index contributed by atoms with van der Waals surface area (Å²) < 4.78 is 0. The maximum atomic E-state index is 11.1. The molecule has 0 aromatic carbocycles. The van der Waals surface area contributed by atoms with Crippen LogP contribution in [-0.4, -0.2) is 5.24 Å². The van der Waals surface area contributed by atoms with Gasteiger partial charge in [0.2, 0.25) is 0 Å². The van der Waals surface area contributed by atoms with Crippen LogP contribution in [0.4, 0.5) is 0 Å². The third kappa shape index (κ3) is 2.87. The number of rotatable bonds is 1. The fraction of sp³-hybridized carbons (Fsp3) is 0.875. The first kappa shape index (κ1) is 18.9. The Morgan fingerprint density at radius 3 is 2.50 bits per heavy atom. The van der Waals surface area contributed by atoms with E-state index < -0.39 is 5.24 Å². The molecule has 0 radical (unpaired) electrons. The maximum Gasteiger partial charge on any atom is 0.296 e. The normalized spacial score (nSPS) is 48.4. The van der Waals surface area contributed by atoms with Crippen molar-refractivity contribution in [2.45, 2.75) is 85.0 Å². The monoisotopic (exact) mass is 374 g/mol. The molecule has 0 saturated heterocycles. The van der Waals surface area contributed by atoms with E-state index in [0.717, 1.165) is 23.7 Å². The number of carbonyl (C=O) groups excluding carboxylic acids is 1. The summed E-state index contributed by atoms with van der Waals surface area (Å²) in [6, 6.07) is 0. The summed E-state index contributed by atoms with van der Waals surface area (Å²) >= 11 is 5.46. The SMILES string of the molecule is C[C@H](C#CC(=O)Cl)[C@H]1CC[C@H]2[C@@H]3CCC4CCCC[C@]4(C)[C@H]3CC[C@]12C. The number of fused-ring (bicyclic) bond motifs is 5. The number of hydrogen-bond acceptors (Lipinski definition) is 1. The van der Waals surface area contributed by atoms with E-state index in [1.165, 1.54) is 64.2 Å². The molecule has 4 saturated carbocycles. The van der Waals surface area contributed by atoms with Crippen molar-refractivity contribution in [1.82, 2.24) is 0 Å². The predicted molar refractivity (Wildman–Crippen MR) is 108 cm³/mol. The Morgan fingerprint density at radius 2 is 1.73 bits per heavy atom. The van der Waals surface area contributed by atoms with Crippen molar-refractivity contribution in [3.8, 4) is 11.8 Å². The van der Waals surface area contributed by atoms with Crippen LogP contribution in [0.25, 0.3) is 0 Å². The molecule has 0 amide bonds. The first-order valence-corrected chi connectivity index (χ1v) is 11.4. The number of hydrogen-bond donors (Lipinski definition) is 0. The highest BCUT2D eigenvalue weighted by atomic mass is 35.5. The van der Waals surface area contributed by atoms with Crippen molar-refractivity contribution in [2.24, 2.45) is 46.3 Å². The zero-order chi connectivity index (χ0) is 18.5. The molecule has 0 bridgehead atoms. The molecule has 8 atom stereocenters. The molecule has 0 aromatic heterocycles. The molecule has 4 fully saturated rings. The van der Waals surface area contributed by atoms with Gasteiger partial charge in [0.25, 0.3) is 5.24 Å². The Morgan fingerprint density at radius 1 is 0.962 bits per heavy atom. The Hall–Kier alpha value is -0.480. The van der Waals surface area contributed by atoms with Gasteiger partial charge < -0.3 is 0 Å². The van der Waals surface area contributed by atoms with E-state index in [2.05, 4.69) is 32.6 Å². The third-order valence-electron chi connectivity index (χ3n) is 9.66. The van der Waals surface area contributed by atoms with Gasteiger partial charge in [0.1, 0.15) is 0 Å². The summed E-state index contributed by atoms with van der Waals surface area (Å²) in [4.78, 5) is 11.1. The maximum absolute atomic E-state index is 11.1. The average molecular weight is 375 g/mol. The zero-order valence-electron chi connectivity index (χ0n) is 16.8. The summed E-state index contributed by atoms with van der Waals surface area (Å²) in [5.74, 6) is 10.5. The molecule has 0 spiro atoms. The molecular weight excluding hydrogens is 340 g/mol. The van der Waals surface area contributed by atoms with E-state index in [9.17, 15) is 4.79 Å². The lowest BCUT2D eigenvalue weighted by Crippen LogP contribution is -2.53. The molecule has 4 rings (SSSR count). The second-order valence-corrected chi connectivity index (χ2v) is 10.8. The summed E-state index contributed by atoms with van der Waals surface area (Å²) in [5.41, 5.74) is 1.04. The van der Waals surface area contributed by atoms with E-state index >= 15 is 0 Å². The van der Waals surface area contributed by atoms with E-state index in [0.29, 0.717) is 16.7 Å². The van der Waals surface area contributed by atoms with Crippen molar-refractivity contribution in [3.63, 3.8) is 0 Å². The smallest absolute Gasteiger partial charge is 0.266 e. The second-order valence-electron chi connectivity index (χ2n) is 10.5. The van der Waals surface area contributed by atoms with Gasteiger partial charge in [-0.05, 0) is 109 Å². The van der Waals surface area contributed by atoms with Crippen LogP contribution in [0.1, 0.15) is 85.0 Å². The highest BCUT2D eigenvalue weighted by Crippen LogP contribution is 2.68. The van der Waals surface area contributed by atoms with Gasteiger partial charge in [0.05, 0.1) is 0 Å². The largest absolute Gasteiger partial charge is 0.296 e. The molecule has 0 N–H and O–H groups in total. The Labute approximate surface area is 165 Å². The van der Waals surface area contributed by atoms with Gasteiger partial charge in [-0.3, -0.25) is 4.79 Å². The topological polar surface area (TPSA) is 17.1 Å². The quantitative estimate of drug-likeness (QED) is 0.381.